The Balaban J connectivity index is 1.53. The summed E-state index contributed by atoms with van der Waals surface area (Å²) in [5.74, 6) is -5.93. The molecule has 10 heteroatoms. The fourth-order valence-corrected chi connectivity index (χ4v) is 7.05. The van der Waals surface area contributed by atoms with Crippen LogP contribution in [0.3, 0.4) is 0 Å². The summed E-state index contributed by atoms with van der Waals surface area (Å²) < 4.78 is 5.41. The molecule has 1 aliphatic heterocycles. The first-order chi connectivity index (χ1) is 17.7. The molecule has 1 aromatic rings. The van der Waals surface area contributed by atoms with Gasteiger partial charge in [0.1, 0.15) is 22.8 Å². The zero-order valence-corrected chi connectivity index (χ0v) is 20.3. The lowest BCUT2D eigenvalue weighted by Gasteiger charge is -2.51. The Bertz CT molecular complexity index is 1290. The summed E-state index contributed by atoms with van der Waals surface area (Å²) in [7, 11) is 0. The van der Waals surface area contributed by atoms with Crippen LogP contribution in [0.25, 0.3) is 5.76 Å². The first-order valence-corrected chi connectivity index (χ1v) is 12.8. The smallest absolute Gasteiger partial charge is 0.255 e. The maximum atomic E-state index is 14.0. The number of nitrogens with zero attached hydrogens (tertiary/aromatic N) is 1. The van der Waals surface area contributed by atoms with Crippen molar-refractivity contribution in [3.8, 4) is 5.75 Å². The van der Waals surface area contributed by atoms with Crippen LogP contribution in [0.1, 0.15) is 48.3 Å². The predicted octanol–water partition coefficient (Wildman–Crippen LogP) is 1.00. The molecule has 1 heterocycles. The minimum absolute atomic E-state index is 0.102. The van der Waals surface area contributed by atoms with Gasteiger partial charge < -0.3 is 30.9 Å². The molecule has 4 aliphatic carbocycles. The number of aromatic hydroxyl groups is 1. The highest BCUT2D eigenvalue weighted by Crippen LogP contribution is 2.54. The standard InChI is InChI=1S/C27H30N2O8/c28-26(35)20-23(32)21(29-6-8-37-9-7-29)16-11-13-10-15-14(12-2-1-3-12)4-5-17(30)19(15)22(31)18(13)24(33)27(16,36)25(20)34/h4-5,12-13,16,21,30-31,34,36H,1-3,6-11H2,(H2,28,35)/t13?,16?,21-,27+/m1/s1. The van der Waals surface area contributed by atoms with E-state index in [0.29, 0.717) is 38.6 Å². The second kappa shape index (κ2) is 8.41. The minimum Gasteiger partial charge on any atom is -0.508 e. The Hall–Kier alpha value is -3.21. The molecular formula is C27H30N2O8. The van der Waals surface area contributed by atoms with Crippen molar-refractivity contribution in [2.75, 3.05) is 26.3 Å². The molecular weight excluding hydrogens is 480 g/mol. The number of phenols is 1. The Morgan fingerprint density at radius 2 is 1.78 bits per heavy atom. The molecule has 6 rings (SSSR count). The Morgan fingerprint density at radius 1 is 1.08 bits per heavy atom. The van der Waals surface area contributed by atoms with Crippen LogP contribution in [0.4, 0.5) is 0 Å². The average molecular weight is 511 g/mol. The number of benzene rings is 1. The summed E-state index contributed by atoms with van der Waals surface area (Å²) in [5.41, 5.74) is 3.87. The second-order valence-corrected chi connectivity index (χ2v) is 10.8. The number of aliphatic hydroxyl groups excluding tert-OH is 2. The van der Waals surface area contributed by atoms with E-state index in [1.165, 1.54) is 6.07 Å². The van der Waals surface area contributed by atoms with Crippen LogP contribution in [0.2, 0.25) is 0 Å². The lowest BCUT2D eigenvalue weighted by atomic mass is 9.57. The molecule has 2 unspecified atom stereocenters. The molecule has 0 aromatic heterocycles. The van der Waals surface area contributed by atoms with Gasteiger partial charge in [-0.1, -0.05) is 12.5 Å². The summed E-state index contributed by atoms with van der Waals surface area (Å²) in [4.78, 5) is 41.5. The molecule has 6 N–H and O–H groups in total. The quantitative estimate of drug-likeness (QED) is 0.372. The molecule has 0 bridgehead atoms. The van der Waals surface area contributed by atoms with Crippen molar-refractivity contribution in [2.24, 2.45) is 17.6 Å². The third-order valence-corrected chi connectivity index (χ3v) is 9.07. The summed E-state index contributed by atoms with van der Waals surface area (Å²) in [6.45, 7) is 1.34. The molecule has 0 radical (unpaired) electrons. The van der Waals surface area contributed by atoms with E-state index in [-0.39, 0.29) is 23.3 Å². The predicted molar refractivity (Wildman–Crippen MR) is 130 cm³/mol. The van der Waals surface area contributed by atoms with Gasteiger partial charge in [0, 0.05) is 24.6 Å². The molecule has 0 spiro atoms. The van der Waals surface area contributed by atoms with Gasteiger partial charge in [-0.25, -0.2) is 0 Å². The van der Waals surface area contributed by atoms with E-state index in [0.717, 1.165) is 30.4 Å². The molecule has 1 aromatic carbocycles. The van der Waals surface area contributed by atoms with Crippen LogP contribution in [-0.4, -0.2) is 80.7 Å². The summed E-state index contributed by atoms with van der Waals surface area (Å²) >= 11 is 0. The number of amides is 1. The highest BCUT2D eigenvalue weighted by Gasteiger charge is 2.64. The Labute approximate surface area is 213 Å². The molecule has 2 saturated carbocycles. The van der Waals surface area contributed by atoms with Gasteiger partial charge in [0.25, 0.3) is 5.91 Å². The number of Topliss-reactive ketones (excluding diaryl/α,β-unsaturated/α-hetero) is 2. The van der Waals surface area contributed by atoms with Crippen LogP contribution in [0, 0.1) is 11.8 Å². The van der Waals surface area contributed by atoms with Crippen LogP contribution < -0.4 is 5.73 Å². The van der Waals surface area contributed by atoms with E-state index in [1.54, 1.807) is 4.90 Å². The molecule has 10 nitrogen and oxygen atoms in total. The number of ether oxygens (including phenoxy) is 1. The van der Waals surface area contributed by atoms with Crippen LogP contribution in [0.15, 0.2) is 29.0 Å². The normalized spacial score (nSPS) is 32.5. The SMILES string of the molecule is NC(=O)C1=C(O)[C@@]2(O)C(=O)C3=C(O)c4c(O)ccc(C5CCC5)c4CC3CC2[C@@H](N2CCOCC2)C1=O. The van der Waals surface area contributed by atoms with Crippen LogP contribution in [0.5, 0.6) is 5.75 Å². The maximum absolute atomic E-state index is 14.0. The molecule has 37 heavy (non-hydrogen) atoms. The van der Waals surface area contributed by atoms with Gasteiger partial charge in [-0.15, -0.1) is 0 Å². The fraction of sp³-hybridized carbons (Fsp3) is 0.519. The average Bonchev–Trinajstić information content (AvgIpc) is 2.82. The van der Waals surface area contributed by atoms with Gasteiger partial charge in [0.15, 0.2) is 11.4 Å². The van der Waals surface area contributed by atoms with Gasteiger partial charge in [0.05, 0.1) is 24.8 Å². The number of hydrogen-bond donors (Lipinski definition) is 5. The number of aliphatic hydroxyl groups is 3. The Morgan fingerprint density at radius 3 is 2.41 bits per heavy atom. The summed E-state index contributed by atoms with van der Waals surface area (Å²) in [6.07, 6.45) is 3.54. The molecule has 5 aliphatic rings. The molecule has 196 valence electrons. The highest BCUT2D eigenvalue weighted by atomic mass is 16.5. The number of fused-ring (bicyclic) bond motifs is 3. The zero-order chi connectivity index (χ0) is 26.2. The largest absolute Gasteiger partial charge is 0.508 e. The van der Waals surface area contributed by atoms with Gasteiger partial charge in [0.2, 0.25) is 5.78 Å². The van der Waals surface area contributed by atoms with Crippen molar-refractivity contribution in [3.63, 3.8) is 0 Å². The van der Waals surface area contributed by atoms with Crippen molar-refractivity contribution in [1.82, 2.24) is 4.90 Å². The molecule has 4 atom stereocenters. The van der Waals surface area contributed by atoms with Crippen molar-refractivity contribution in [2.45, 2.75) is 49.7 Å². The van der Waals surface area contributed by atoms with Crippen molar-refractivity contribution < 1.29 is 39.5 Å². The molecule has 1 amide bonds. The number of ketones is 2. The number of carbonyl (C=O) groups excluding carboxylic acids is 3. The molecule has 1 saturated heterocycles. The summed E-state index contributed by atoms with van der Waals surface area (Å²) in [5, 5.41) is 44.9. The van der Waals surface area contributed by atoms with E-state index in [9.17, 15) is 34.8 Å². The van der Waals surface area contributed by atoms with Crippen molar-refractivity contribution >= 4 is 23.2 Å². The number of rotatable bonds is 3. The topological polar surface area (TPSA) is 171 Å². The molecule has 3 fully saturated rings. The first kappa shape index (κ1) is 24.1. The maximum Gasteiger partial charge on any atom is 0.255 e. The number of primary amides is 1. The van der Waals surface area contributed by atoms with Crippen molar-refractivity contribution in [1.29, 1.82) is 0 Å². The van der Waals surface area contributed by atoms with Crippen LogP contribution >= 0.6 is 0 Å². The van der Waals surface area contributed by atoms with Crippen molar-refractivity contribution in [3.05, 3.63) is 45.7 Å². The number of hydrogen-bond acceptors (Lipinski definition) is 9. The Kier molecular flexibility index (Phi) is 5.48. The monoisotopic (exact) mass is 510 g/mol. The van der Waals surface area contributed by atoms with E-state index < -0.39 is 58.0 Å². The second-order valence-electron chi connectivity index (χ2n) is 10.8. The zero-order valence-electron chi connectivity index (χ0n) is 20.3. The van der Waals surface area contributed by atoms with Gasteiger partial charge in [-0.2, -0.15) is 0 Å². The van der Waals surface area contributed by atoms with Crippen LogP contribution in [-0.2, 0) is 25.5 Å². The number of morpholine rings is 1. The van der Waals surface area contributed by atoms with E-state index >= 15 is 0 Å². The van der Waals surface area contributed by atoms with E-state index in [1.807, 2.05) is 6.07 Å². The third kappa shape index (κ3) is 3.25. The summed E-state index contributed by atoms with van der Waals surface area (Å²) in [6, 6.07) is 2.30. The number of nitrogens with two attached hydrogens (primary N) is 1. The highest BCUT2D eigenvalue weighted by molar-refractivity contribution is 6.24. The van der Waals surface area contributed by atoms with Gasteiger partial charge in [-0.05, 0) is 54.7 Å². The van der Waals surface area contributed by atoms with E-state index in [4.69, 9.17) is 10.5 Å². The lowest BCUT2D eigenvalue weighted by molar-refractivity contribution is -0.157. The van der Waals surface area contributed by atoms with Gasteiger partial charge in [-0.3, -0.25) is 19.3 Å². The number of carbonyl (C=O) groups is 3. The lowest BCUT2D eigenvalue weighted by Crippen LogP contribution is -2.67. The van der Waals surface area contributed by atoms with E-state index in [2.05, 4.69) is 0 Å². The first-order valence-electron chi connectivity index (χ1n) is 12.8. The minimum atomic E-state index is -2.63. The number of phenolic OH excluding ortho intramolecular Hbond substituents is 1. The van der Waals surface area contributed by atoms with Gasteiger partial charge >= 0.3 is 0 Å². The third-order valence-electron chi connectivity index (χ3n) is 9.07. The fourth-order valence-electron chi connectivity index (χ4n) is 7.05.